The lowest BCUT2D eigenvalue weighted by molar-refractivity contribution is 0.0681. The highest BCUT2D eigenvalue weighted by Crippen LogP contribution is 2.47. The Balaban J connectivity index is 1.48. The molecule has 8 atom stereocenters. The number of piperidine rings is 4. The Morgan fingerprint density at radius 2 is 0.645 bits per heavy atom. The summed E-state index contributed by atoms with van der Waals surface area (Å²) in [7, 11) is 0. The van der Waals surface area contributed by atoms with Crippen LogP contribution in [0.4, 0.5) is 0 Å². The average molecular weight is 861 g/mol. The van der Waals surface area contributed by atoms with Gasteiger partial charge in [0.15, 0.2) is 11.5 Å². The van der Waals surface area contributed by atoms with Gasteiger partial charge in [0, 0.05) is 54.4 Å². The number of fused-ring (bicyclic) bond motifs is 1. The molecule has 0 radical (unpaired) electrons. The van der Waals surface area contributed by atoms with Crippen molar-refractivity contribution in [2.75, 3.05) is 0 Å². The number of hydrogen-bond acceptors (Lipinski definition) is 8. The van der Waals surface area contributed by atoms with Gasteiger partial charge in [0.25, 0.3) is 0 Å². The van der Waals surface area contributed by atoms with Crippen molar-refractivity contribution in [2.24, 2.45) is 47.3 Å². The van der Waals surface area contributed by atoms with Gasteiger partial charge in [-0.2, -0.15) is 0 Å². The second-order valence-corrected chi connectivity index (χ2v) is 23.2. The Kier molecular flexibility index (Phi) is 16.9. The summed E-state index contributed by atoms with van der Waals surface area (Å²) < 4.78 is 29.5. The van der Waals surface area contributed by atoms with Crippen LogP contribution in [0.3, 0.4) is 0 Å². The molecule has 8 nitrogen and oxygen atoms in total. The first-order chi connectivity index (χ1) is 29.3. The lowest BCUT2D eigenvalue weighted by atomic mass is 9.85. The topological polar surface area (TPSA) is 85.0 Å². The molecule has 4 aliphatic heterocycles. The van der Waals surface area contributed by atoms with Crippen molar-refractivity contribution in [3.05, 3.63) is 24.3 Å². The van der Waals surface area contributed by atoms with E-state index in [9.17, 15) is 0 Å². The third-order valence-corrected chi connectivity index (χ3v) is 15.4. The van der Waals surface area contributed by atoms with Crippen molar-refractivity contribution in [1.82, 2.24) is 21.3 Å². The summed E-state index contributed by atoms with van der Waals surface area (Å²) in [4.78, 5) is 0. The SMILES string of the molecule is CC(C)C1CC(Oc2cc(OC3CC(C(C)C)NC(C(C)C)C3)c3c(OC4CC(C(C)C)NC(C(C)C)C4)c(OC4CC(C(C)C)NC(C(C)C)C4)ccc3c2)CC(C(C)C)N1. The number of ether oxygens (including phenoxy) is 4. The molecule has 0 amide bonds. The molecular formula is C54H92N4O4. The zero-order valence-corrected chi connectivity index (χ0v) is 42.1. The molecular weight excluding hydrogens is 769 g/mol. The largest absolute Gasteiger partial charge is 0.490 e. The molecule has 2 aromatic rings. The van der Waals surface area contributed by atoms with E-state index in [1.54, 1.807) is 0 Å². The first-order valence-corrected chi connectivity index (χ1v) is 25.6. The molecule has 2 aromatic carbocycles. The summed E-state index contributed by atoms with van der Waals surface area (Å²) in [5, 5.41) is 18.1. The zero-order chi connectivity index (χ0) is 45.2. The predicted octanol–water partition coefficient (Wildman–Crippen LogP) is 11.6. The van der Waals surface area contributed by atoms with E-state index < -0.39 is 0 Å². The van der Waals surface area contributed by atoms with Crippen molar-refractivity contribution < 1.29 is 18.9 Å². The van der Waals surface area contributed by atoms with Gasteiger partial charge in [-0.15, -0.1) is 0 Å². The Bertz CT molecular complexity index is 1640. The summed E-state index contributed by atoms with van der Waals surface area (Å²) in [6.07, 6.45) is 8.05. The van der Waals surface area contributed by atoms with E-state index >= 15 is 0 Å². The second-order valence-electron chi connectivity index (χ2n) is 23.2. The molecule has 4 saturated heterocycles. The highest BCUT2D eigenvalue weighted by molar-refractivity contribution is 5.97. The minimum atomic E-state index is 0.0396. The Morgan fingerprint density at radius 3 is 0.968 bits per heavy atom. The normalized spacial score (nSPS) is 32.6. The van der Waals surface area contributed by atoms with Crippen LogP contribution in [-0.2, 0) is 0 Å². The maximum atomic E-state index is 7.55. The van der Waals surface area contributed by atoms with Gasteiger partial charge in [-0.25, -0.2) is 0 Å². The van der Waals surface area contributed by atoms with Gasteiger partial charge in [-0.05, 0) is 116 Å². The van der Waals surface area contributed by atoms with Gasteiger partial charge < -0.3 is 40.2 Å². The molecule has 4 aliphatic rings. The van der Waals surface area contributed by atoms with Crippen LogP contribution >= 0.6 is 0 Å². The molecule has 0 aromatic heterocycles. The molecule has 352 valence electrons. The van der Waals surface area contributed by atoms with E-state index in [2.05, 4.69) is 156 Å². The molecule has 0 bridgehead atoms. The van der Waals surface area contributed by atoms with E-state index in [-0.39, 0.29) is 24.4 Å². The van der Waals surface area contributed by atoms with E-state index in [0.29, 0.717) is 95.7 Å². The smallest absolute Gasteiger partial charge is 0.173 e. The molecule has 6 rings (SSSR count). The van der Waals surface area contributed by atoms with Crippen LogP contribution in [-0.4, -0.2) is 72.8 Å². The molecule has 62 heavy (non-hydrogen) atoms. The van der Waals surface area contributed by atoms with Crippen molar-refractivity contribution >= 4 is 10.8 Å². The van der Waals surface area contributed by atoms with E-state index in [1.165, 1.54) is 0 Å². The second kappa shape index (κ2) is 21.4. The first-order valence-electron chi connectivity index (χ1n) is 25.6. The van der Waals surface area contributed by atoms with Crippen molar-refractivity contribution in [3.63, 3.8) is 0 Å². The minimum absolute atomic E-state index is 0.0396. The Labute approximate surface area is 379 Å². The minimum Gasteiger partial charge on any atom is -0.490 e. The van der Waals surface area contributed by atoms with Crippen molar-refractivity contribution in [3.8, 4) is 23.0 Å². The zero-order valence-electron chi connectivity index (χ0n) is 42.1. The van der Waals surface area contributed by atoms with Crippen LogP contribution in [0, 0.1) is 47.3 Å². The van der Waals surface area contributed by atoms with Crippen LogP contribution in [0.15, 0.2) is 24.3 Å². The fourth-order valence-corrected chi connectivity index (χ4v) is 10.8. The monoisotopic (exact) mass is 861 g/mol. The summed E-state index contributed by atoms with van der Waals surface area (Å²) in [6, 6.07) is 12.1. The van der Waals surface area contributed by atoms with Crippen LogP contribution in [0.1, 0.15) is 162 Å². The highest BCUT2D eigenvalue weighted by Gasteiger charge is 2.38. The van der Waals surface area contributed by atoms with Crippen molar-refractivity contribution in [2.45, 2.75) is 235 Å². The first kappa shape index (κ1) is 49.2. The highest BCUT2D eigenvalue weighted by atomic mass is 16.5. The summed E-state index contributed by atoms with van der Waals surface area (Å²) in [5.41, 5.74) is 0. The van der Waals surface area contributed by atoms with Crippen LogP contribution < -0.4 is 40.2 Å². The summed E-state index contributed by atoms with van der Waals surface area (Å²) >= 11 is 0. The lowest BCUT2D eigenvalue weighted by Crippen LogP contribution is -2.53. The molecule has 0 aliphatic carbocycles. The van der Waals surface area contributed by atoms with E-state index in [0.717, 1.165) is 85.1 Å². The number of hydrogen-bond donors (Lipinski definition) is 4. The quantitative estimate of drug-likeness (QED) is 0.133. The lowest BCUT2D eigenvalue weighted by Gasteiger charge is -2.42. The van der Waals surface area contributed by atoms with Crippen LogP contribution in [0.25, 0.3) is 10.8 Å². The Morgan fingerprint density at radius 1 is 0.355 bits per heavy atom. The molecule has 4 fully saturated rings. The predicted molar refractivity (Wildman–Crippen MR) is 260 cm³/mol. The third-order valence-electron chi connectivity index (χ3n) is 15.4. The molecule has 8 heteroatoms. The van der Waals surface area contributed by atoms with Gasteiger partial charge in [0.1, 0.15) is 35.9 Å². The fraction of sp³-hybridized carbons (Fsp3) is 0.815. The van der Waals surface area contributed by atoms with E-state index in [4.69, 9.17) is 18.9 Å². The summed E-state index contributed by atoms with van der Waals surface area (Å²) in [5.74, 6) is 7.57. The average Bonchev–Trinajstić information content (AvgIpc) is 3.20. The molecule has 4 N–H and O–H groups in total. The van der Waals surface area contributed by atoms with Gasteiger partial charge in [0.05, 0.1) is 5.39 Å². The van der Waals surface area contributed by atoms with Gasteiger partial charge in [-0.3, -0.25) is 0 Å². The fourth-order valence-electron chi connectivity index (χ4n) is 10.8. The van der Waals surface area contributed by atoms with E-state index in [1.807, 2.05) is 0 Å². The third kappa shape index (κ3) is 12.3. The van der Waals surface area contributed by atoms with Gasteiger partial charge in [-0.1, -0.05) is 117 Å². The maximum absolute atomic E-state index is 7.55. The molecule has 0 spiro atoms. The molecule has 8 unspecified atom stereocenters. The molecule has 0 saturated carbocycles. The number of nitrogens with one attached hydrogen (secondary N) is 4. The van der Waals surface area contributed by atoms with Gasteiger partial charge in [0.2, 0.25) is 0 Å². The summed E-state index contributed by atoms with van der Waals surface area (Å²) in [6.45, 7) is 37.4. The molecule has 4 heterocycles. The standard InChI is InChI=1S/C54H92N4O4/c1-29(2)43-20-39(21-44(55-43)30(3)4)59-38-19-37-17-18-51(60-40-22-45(31(5)6)56-46(23-40)32(7)8)54(62-42-26-49(35(13)14)58-50(27-42)36(15)16)53(37)52(28-38)61-41-24-47(33(9)10)57-48(25-41)34(11)12/h17-19,28-36,39-50,55-58H,20-27H2,1-16H3. The van der Waals surface area contributed by atoms with Crippen molar-refractivity contribution in [1.29, 1.82) is 0 Å². The number of benzene rings is 2. The van der Waals surface area contributed by atoms with Crippen LogP contribution in [0.5, 0.6) is 23.0 Å². The number of rotatable bonds is 16. The Hall–Kier alpha value is -2.26. The maximum Gasteiger partial charge on any atom is 0.173 e. The van der Waals surface area contributed by atoms with Crippen LogP contribution in [0.2, 0.25) is 0 Å². The van der Waals surface area contributed by atoms with Gasteiger partial charge >= 0.3 is 0 Å².